The van der Waals surface area contributed by atoms with Gasteiger partial charge in [-0.25, -0.2) is 0 Å². The van der Waals surface area contributed by atoms with E-state index in [9.17, 15) is 4.79 Å². The first-order chi connectivity index (χ1) is 12.6. The normalized spacial score (nSPS) is 12.7. The number of carbonyl (C=O) groups is 1. The number of carbonyl (C=O) groups excluding carboxylic acids is 1. The van der Waals surface area contributed by atoms with E-state index in [4.69, 9.17) is 30.5 Å². The van der Waals surface area contributed by atoms with Crippen LogP contribution in [0.3, 0.4) is 0 Å². The second-order valence-corrected chi connectivity index (χ2v) is 5.83. The first-order valence-electron chi connectivity index (χ1n) is 7.91. The number of amides is 1. The summed E-state index contributed by atoms with van der Waals surface area (Å²) in [5, 5.41) is 3.18. The third-order valence-electron chi connectivity index (χ3n) is 3.69. The van der Waals surface area contributed by atoms with Crippen LogP contribution in [0.5, 0.6) is 23.0 Å². The van der Waals surface area contributed by atoms with E-state index < -0.39 is 0 Å². The van der Waals surface area contributed by atoms with Crippen molar-refractivity contribution in [2.45, 2.75) is 0 Å². The van der Waals surface area contributed by atoms with Crippen LogP contribution in [0, 0.1) is 0 Å². The number of nitrogens with one attached hydrogen (secondary N) is 1. The number of hydrogen-bond acceptors (Lipinski definition) is 5. The third kappa shape index (κ3) is 4.03. The molecule has 0 aromatic heterocycles. The van der Waals surface area contributed by atoms with E-state index in [0.717, 1.165) is 0 Å². The molecule has 0 spiro atoms. The molecule has 0 fully saturated rings. The Balaban J connectivity index is 1.71. The molecule has 1 aliphatic heterocycles. The third-order valence-corrected chi connectivity index (χ3v) is 3.97. The first-order valence-corrected chi connectivity index (χ1v) is 8.28. The van der Waals surface area contributed by atoms with Gasteiger partial charge in [-0.05, 0) is 35.9 Å². The monoisotopic (exact) mass is 375 g/mol. The maximum atomic E-state index is 12.2. The molecule has 136 valence electrons. The highest BCUT2D eigenvalue weighted by atomic mass is 35.5. The van der Waals surface area contributed by atoms with E-state index in [-0.39, 0.29) is 5.91 Å². The molecule has 1 aliphatic rings. The van der Waals surface area contributed by atoms with E-state index >= 15 is 0 Å². The Kier molecular flexibility index (Phi) is 5.53. The average molecular weight is 376 g/mol. The molecule has 0 unspecified atom stereocenters. The van der Waals surface area contributed by atoms with Crippen molar-refractivity contribution in [1.82, 2.24) is 0 Å². The van der Waals surface area contributed by atoms with Crippen LogP contribution < -0.4 is 24.3 Å². The van der Waals surface area contributed by atoms with Crippen molar-refractivity contribution in [1.29, 1.82) is 0 Å². The van der Waals surface area contributed by atoms with Crippen molar-refractivity contribution in [3.8, 4) is 23.0 Å². The average Bonchev–Trinajstić information content (AvgIpc) is 2.65. The molecule has 0 saturated carbocycles. The van der Waals surface area contributed by atoms with Gasteiger partial charge in [-0.3, -0.25) is 4.79 Å². The lowest BCUT2D eigenvalue weighted by atomic mass is 10.2. The summed E-state index contributed by atoms with van der Waals surface area (Å²) in [4.78, 5) is 12.2. The van der Waals surface area contributed by atoms with Gasteiger partial charge >= 0.3 is 0 Å². The van der Waals surface area contributed by atoms with Crippen molar-refractivity contribution in [3.05, 3.63) is 47.0 Å². The van der Waals surface area contributed by atoms with Crippen LogP contribution in [0.1, 0.15) is 5.56 Å². The first kappa shape index (κ1) is 17.9. The molecule has 1 heterocycles. The lowest BCUT2D eigenvalue weighted by Gasteiger charge is -2.18. The zero-order valence-electron chi connectivity index (χ0n) is 14.4. The zero-order valence-corrected chi connectivity index (χ0v) is 15.1. The maximum Gasteiger partial charge on any atom is 0.248 e. The number of ether oxygens (including phenoxy) is 4. The quantitative estimate of drug-likeness (QED) is 0.805. The Labute approximate surface area is 156 Å². The van der Waals surface area contributed by atoms with Gasteiger partial charge in [0.15, 0.2) is 23.0 Å². The number of methoxy groups -OCH3 is 2. The SMILES string of the molecule is COc1cc(/C=C/C(=O)Nc2ccc3c(c2)OCCO3)cc(Cl)c1OC. The molecule has 2 aromatic carbocycles. The van der Waals surface area contributed by atoms with Crippen molar-refractivity contribution < 1.29 is 23.7 Å². The summed E-state index contributed by atoms with van der Waals surface area (Å²) >= 11 is 6.16. The summed E-state index contributed by atoms with van der Waals surface area (Å²) in [6, 6.07) is 8.68. The summed E-state index contributed by atoms with van der Waals surface area (Å²) in [5.41, 5.74) is 1.33. The summed E-state index contributed by atoms with van der Waals surface area (Å²) in [6.45, 7) is 1.01. The van der Waals surface area contributed by atoms with Crippen LogP contribution in [0.4, 0.5) is 5.69 Å². The van der Waals surface area contributed by atoms with Crippen molar-refractivity contribution in [2.24, 2.45) is 0 Å². The van der Waals surface area contributed by atoms with Crippen LogP contribution in [0.15, 0.2) is 36.4 Å². The molecule has 2 aromatic rings. The Morgan fingerprint density at radius 2 is 1.88 bits per heavy atom. The van der Waals surface area contributed by atoms with Crippen molar-refractivity contribution in [2.75, 3.05) is 32.8 Å². The highest BCUT2D eigenvalue weighted by Crippen LogP contribution is 2.36. The Bertz CT molecular complexity index is 850. The lowest BCUT2D eigenvalue weighted by molar-refractivity contribution is -0.111. The Morgan fingerprint density at radius 1 is 1.12 bits per heavy atom. The van der Waals surface area contributed by atoms with E-state index in [0.29, 0.717) is 52.5 Å². The smallest absolute Gasteiger partial charge is 0.248 e. The molecule has 0 saturated heterocycles. The van der Waals surface area contributed by atoms with E-state index in [1.54, 1.807) is 36.4 Å². The molecule has 0 bridgehead atoms. The topological polar surface area (TPSA) is 66.0 Å². The van der Waals surface area contributed by atoms with Crippen LogP contribution in [0.2, 0.25) is 5.02 Å². The van der Waals surface area contributed by atoms with E-state index in [1.165, 1.54) is 20.3 Å². The number of rotatable bonds is 5. The maximum absolute atomic E-state index is 12.2. The number of halogens is 1. The molecule has 0 aliphatic carbocycles. The Morgan fingerprint density at radius 3 is 2.62 bits per heavy atom. The minimum Gasteiger partial charge on any atom is -0.493 e. The standard InChI is InChI=1S/C19H18ClNO5/c1-23-17-10-12(9-14(20)19(17)24-2)3-6-18(22)21-13-4-5-15-16(11-13)26-8-7-25-15/h3-6,9-11H,7-8H2,1-2H3,(H,21,22)/b6-3+. The zero-order chi connectivity index (χ0) is 18.5. The number of hydrogen-bond donors (Lipinski definition) is 1. The highest BCUT2D eigenvalue weighted by Gasteiger charge is 2.12. The molecule has 6 nitrogen and oxygen atoms in total. The fourth-order valence-electron chi connectivity index (χ4n) is 2.51. The molecular formula is C19H18ClNO5. The van der Waals surface area contributed by atoms with Gasteiger partial charge in [0.1, 0.15) is 13.2 Å². The van der Waals surface area contributed by atoms with Gasteiger partial charge in [-0.1, -0.05) is 11.6 Å². The van der Waals surface area contributed by atoms with Crippen LogP contribution in [0.25, 0.3) is 6.08 Å². The van der Waals surface area contributed by atoms with Crippen LogP contribution in [-0.2, 0) is 4.79 Å². The number of fused-ring (bicyclic) bond motifs is 1. The minimum atomic E-state index is -0.285. The number of benzene rings is 2. The summed E-state index contributed by atoms with van der Waals surface area (Å²) in [6.07, 6.45) is 3.05. The van der Waals surface area contributed by atoms with Crippen molar-refractivity contribution in [3.63, 3.8) is 0 Å². The van der Waals surface area contributed by atoms with E-state index in [1.807, 2.05) is 0 Å². The second-order valence-electron chi connectivity index (χ2n) is 5.42. The second kappa shape index (κ2) is 8.01. The molecule has 7 heteroatoms. The summed E-state index contributed by atoms with van der Waals surface area (Å²) < 4.78 is 21.4. The van der Waals surface area contributed by atoms with Crippen LogP contribution >= 0.6 is 11.6 Å². The Hall–Kier alpha value is -2.86. The van der Waals surface area contributed by atoms with Gasteiger partial charge in [-0.2, -0.15) is 0 Å². The van der Waals surface area contributed by atoms with Gasteiger partial charge in [0, 0.05) is 17.8 Å². The highest BCUT2D eigenvalue weighted by molar-refractivity contribution is 6.32. The van der Waals surface area contributed by atoms with Gasteiger partial charge < -0.3 is 24.3 Å². The lowest BCUT2D eigenvalue weighted by Crippen LogP contribution is -2.16. The molecule has 1 amide bonds. The summed E-state index contributed by atoms with van der Waals surface area (Å²) in [7, 11) is 3.04. The summed E-state index contributed by atoms with van der Waals surface area (Å²) in [5.74, 6) is 1.95. The molecule has 3 rings (SSSR count). The predicted octanol–water partition coefficient (Wildman–Crippen LogP) is 3.78. The van der Waals surface area contributed by atoms with Crippen molar-refractivity contribution >= 4 is 29.3 Å². The largest absolute Gasteiger partial charge is 0.493 e. The van der Waals surface area contributed by atoms with Gasteiger partial charge in [0.2, 0.25) is 5.91 Å². The molecule has 26 heavy (non-hydrogen) atoms. The fraction of sp³-hybridized carbons (Fsp3) is 0.211. The fourth-order valence-corrected chi connectivity index (χ4v) is 2.81. The molecule has 0 radical (unpaired) electrons. The van der Waals surface area contributed by atoms with E-state index in [2.05, 4.69) is 5.32 Å². The molecule has 0 atom stereocenters. The van der Waals surface area contributed by atoms with Gasteiger partial charge in [0.25, 0.3) is 0 Å². The molecule has 1 N–H and O–H groups in total. The van der Waals surface area contributed by atoms with Gasteiger partial charge in [-0.15, -0.1) is 0 Å². The van der Waals surface area contributed by atoms with Gasteiger partial charge in [0.05, 0.1) is 19.2 Å². The van der Waals surface area contributed by atoms with Crippen LogP contribution in [-0.4, -0.2) is 33.3 Å². The predicted molar refractivity (Wildman–Crippen MR) is 99.7 cm³/mol. The molecular weight excluding hydrogens is 358 g/mol. The minimum absolute atomic E-state index is 0.285. The number of anilines is 1.